The van der Waals surface area contributed by atoms with Gasteiger partial charge in [-0.15, -0.1) is 0 Å². The van der Waals surface area contributed by atoms with E-state index in [1.165, 1.54) is 23.8 Å². The molecule has 2 atom stereocenters. The summed E-state index contributed by atoms with van der Waals surface area (Å²) in [6.45, 7) is 0. The molecule has 0 aliphatic heterocycles. The Hall–Kier alpha value is -2.09. The molecule has 0 saturated heterocycles. The molecule has 5 rings (SSSR count). The summed E-state index contributed by atoms with van der Waals surface area (Å²) in [5, 5.41) is 2.30. The van der Waals surface area contributed by atoms with E-state index >= 15 is 0 Å². The van der Waals surface area contributed by atoms with Crippen molar-refractivity contribution in [3.05, 3.63) is 53.1 Å². The van der Waals surface area contributed by atoms with Gasteiger partial charge in [0.2, 0.25) is 0 Å². The second kappa shape index (κ2) is 4.01. The van der Waals surface area contributed by atoms with Crippen LogP contribution in [0.2, 0.25) is 0 Å². The number of fused-ring (bicyclic) bond motifs is 6. The summed E-state index contributed by atoms with van der Waals surface area (Å²) in [6.07, 6.45) is 7.74. The largest absolute Gasteiger partial charge is 0.399 e. The van der Waals surface area contributed by atoms with E-state index in [1.807, 2.05) is 18.2 Å². The Bertz CT molecular complexity index is 863. The number of nitrogen functional groups attached to an aromatic ring is 1. The van der Waals surface area contributed by atoms with E-state index in [9.17, 15) is 4.79 Å². The maximum Gasteiger partial charge on any atom is 0.163 e. The van der Waals surface area contributed by atoms with E-state index in [1.54, 1.807) is 5.57 Å². The molecular formula is C20H19NO. The summed E-state index contributed by atoms with van der Waals surface area (Å²) in [5.41, 5.74) is 10.8. The van der Waals surface area contributed by atoms with Gasteiger partial charge in [0.25, 0.3) is 0 Å². The van der Waals surface area contributed by atoms with Crippen molar-refractivity contribution < 1.29 is 4.79 Å². The lowest BCUT2D eigenvalue weighted by Gasteiger charge is -2.41. The van der Waals surface area contributed by atoms with E-state index in [-0.39, 0.29) is 5.41 Å². The summed E-state index contributed by atoms with van der Waals surface area (Å²) in [6, 6.07) is 10.4. The number of allylic oxidation sites excluding steroid dienone is 2. The van der Waals surface area contributed by atoms with Crippen LogP contribution in [0.5, 0.6) is 0 Å². The second-order valence-corrected chi connectivity index (χ2v) is 7.26. The van der Waals surface area contributed by atoms with Crippen molar-refractivity contribution in [1.82, 2.24) is 0 Å². The van der Waals surface area contributed by atoms with Crippen LogP contribution in [0.4, 0.5) is 5.69 Å². The monoisotopic (exact) mass is 289 g/mol. The molecule has 1 saturated carbocycles. The summed E-state index contributed by atoms with van der Waals surface area (Å²) < 4.78 is 0. The fourth-order valence-electron chi connectivity index (χ4n) is 5.08. The van der Waals surface area contributed by atoms with Crippen molar-refractivity contribution in [2.45, 2.75) is 37.5 Å². The summed E-state index contributed by atoms with van der Waals surface area (Å²) in [4.78, 5) is 12.5. The Morgan fingerprint density at radius 2 is 2.05 bits per heavy atom. The molecule has 2 unspecified atom stereocenters. The van der Waals surface area contributed by atoms with Gasteiger partial charge in [0.15, 0.2) is 5.78 Å². The molecule has 3 aliphatic rings. The molecule has 22 heavy (non-hydrogen) atoms. The van der Waals surface area contributed by atoms with Gasteiger partial charge in [-0.1, -0.05) is 17.7 Å². The molecule has 2 aromatic carbocycles. The molecule has 110 valence electrons. The van der Waals surface area contributed by atoms with E-state index in [2.05, 4.69) is 18.2 Å². The molecule has 2 aromatic rings. The van der Waals surface area contributed by atoms with Crippen molar-refractivity contribution in [3.63, 3.8) is 0 Å². The highest BCUT2D eigenvalue weighted by Gasteiger charge is 2.51. The van der Waals surface area contributed by atoms with Crippen molar-refractivity contribution in [2.75, 3.05) is 5.73 Å². The lowest BCUT2D eigenvalue weighted by atomic mass is 9.62. The molecule has 0 aromatic heterocycles. The molecule has 2 nitrogen and oxygen atoms in total. The van der Waals surface area contributed by atoms with Crippen molar-refractivity contribution >= 4 is 22.2 Å². The summed E-state index contributed by atoms with van der Waals surface area (Å²) >= 11 is 0. The van der Waals surface area contributed by atoms with E-state index in [4.69, 9.17) is 5.73 Å². The zero-order chi connectivity index (χ0) is 14.9. The number of rotatable bonds is 0. The Morgan fingerprint density at radius 1 is 1.14 bits per heavy atom. The van der Waals surface area contributed by atoms with Gasteiger partial charge in [0.05, 0.1) is 0 Å². The van der Waals surface area contributed by atoms with Gasteiger partial charge < -0.3 is 5.73 Å². The Balaban J connectivity index is 1.80. The van der Waals surface area contributed by atoms with Gasteiger partial charge in [0.1, 0.15) is 0 Å². The topological polar surface area (TPSA) is 43.1 Å². The van der Waals surface area contributed by atoms with Crippen molar-refractivity contribution in [1.29, 1.82) is 0 Å². The number of hydrogen-bond donors (Lipinski definition) is 1. The zero-order valence-corrected chi connectivity index (χ0v) is 12.6. The molecule has 0 heterocycles. The predicted octanol–water partition coefficient (Wildman–Crippen LogP) is 4.38. The third-order valence-electron chi connectivity index (χ3n) is 6.16. The molecule has 0 radical (unpaired) electrons. The van der Waals surface area contributed by atoms with Crippen LogP contribution in [0.3, 0.4) is 0 Å². The summed E-state index contributed by atoms with van der Waals surface area (Å²) in [7, 11) is 0. The number of carbonyl (C=O) groups is 1. The summed E-state index contributed by atoms with van der Waals surface area (Å²) in [5.74, 6) is 1.02. The molecule has 2 heteroatoms. The van der Waals surface area contributed by atoms with Crippen molar-refractivity contribution in [2.24, 2.45) is 5.92 Å². The number of hydrogen-bond acceptors (Lipinski definition) is 2. The fraction of sp³-hybridized carbons (Fsp3) is 0.350. The first-order chi connectivity index (χ1) is 10.7. The molecule has 1 fully saturated rings. The third kappa shape index (κ3) is 1.48. The first kappa shape index (κ1) is 12.5. The Labute approximate surface area is 130 Å². The molecule has 2 N–H and O–H groups in total. The third-order valence-corrected chi connectivity index (χ3v) is 6.16. The maximum atomic E-state index is 12.5. The lowest BCUT2D eigenvalue weighted by Crippen LogP contribution is -2.37. The number of nitrogens with two attached hydrogens (primary N) is 1. The molecule has 2 bridgehead atoms. The first-order valence-corrected chi connectivity index (χ1v) is 8.21. The average Bonchev–Trinajstić information content (AvgIpc) is 3.11. The van der Waals surface area contributed by atoms with Crippen LogP contribution in [0.25, 0.3) is 10.8 Å². The first-order valence-electron chi connectivity index (χ1n) is 8.21. The number of benzene rings is 2. The number of Topliss-reactive ketones (excluding diaryl/α,β-unsaturated/α-hetero) is 1. The number of ketones is 1. The zero-order valence-electron chi connectivity index (χ0n) is 12.6. The minimum absolute atomic E-state index is 0.214. The van der Waals surface area contributed by atoms with Crippen LogP contribution in [0, 0.1) is 5.92 Å². The van der Waals surface area contributed by atoms with Gasteiger partial charge in [-0.05, 0) is 72.2 Å². The van der Waals surface area contributed by atoms with Crippen LogP contribution in [0.15, 0.2) is 42.0 Å². The quantitative estimate of drug-likeness (QED) is 0.578. The van der Waals surface area contributed by atoms with E-state index < -0.39 is 0 Å². The second-order valence-electron chi connectivity index (χ2n) is 7.26. The van der Waals surface area contributed by atoms with Gasteiger partial charge >= 0.3 is 0 Å². The van der Waals surface area contributed by atoms with Crippen LogP contribution in [-0.4, -0.2) is 5.78 Å². The normalized spacial score (nSPS) is 29.2. The molecule has 0 amide bonds. The standard InChI is InChI=1S/C20H19NO/c21-16-4-2-13-9-17-18(10-14(13)8-16)20(6-5-19(17)22)11-12-1-3-15(20)7-12/h1-2,4,8-10,15H,3,5-7,11,21H2. The lowest BCUT2D eigenvalue weighted by molar-refractivity contribution is 0.0940. The highest BCUT2D eigenvalue weighted by molar-refractivity contribution is 6.03. The van der Waals surface area contributed by atoms with Crippen LogP contribution in [-0.2, 0) is 5.41 Å². The minimum Gasteiger partial charge on any atom is -0.399 e. The minimum atomic E-state index is 0.214. The molecule has 1 spiro atoms. The van der Waals surface area contributed by atoms with Crippen LogP contribution in [0.1, 0.15) is 48.0 Å². The predicted molar refractivity (Wildman–Crippen MR) is 89.0 cm³/mol. The van der Waals surface area contributed by atoms with Crippen LogP contribution < -0.4 is 5.73 Å². The van der Waals surface area contributed by atoms with Gasteiger partial charge in [-0.25, -0.2) is 0 Å². The highest BCUT2D eigenvalue weighted by atomic mass is 16.1. The van der Waals surface area contributed by atoms with Gasteiger partial charge in [-0.2, -0.15) is 0 Å². The number of carbonyl (C=O) groups excluding carboxylic acids is 1. The molecule has 3 aliphatic carbocycles. The smallest absolute Gasteiger partial charge is 0.163 e. The molecular weight excluding hydrogens is 270 g/mol. The van der Waals surface area contributed by atoms with E-state index in [0.29, 0.717) is 18.1 Å². The van der Waals surface area contributed by atoms with Crippen molar-refractivity contribution in [3.8, 4) is 0 Å². The number of anilines is 1. The van der Waals surface area contributed by atoms with Gasteiger partial charge in [0, 0.05) is 23.1 Å². The maximum absolute atomic E-state index is 12.5. The van der Waals surface area contributed by atoms with Crippen LogP contribution >= 0.6 is 0 Å². The van der Waals surface area contributed by atoms with Gasteiger partial charge in [-0.3, -0.25) is 4.79 Å². The fourth-order valence-corrected chi connectivity index (χ4v) is 5.08. The average molecular weight is 289 g/mol. The SMILES string of the molecule is Nc1ccc2cc3c(cc2c1)C1(CCC3=O)CC2=CCC1C2. The Morgan fingerprint density at radius 3 is 2.82 bits per heavy atom. The Kier molecular flexibility index (Phi) is 2.27. The highest BCUT2D eigenvalue weighted by Crippen LogP contribution is 2.58. The van der Waals surface area contributed by atoms with E-state index in [0.717, 1.165) is 29.5 Å².